The molecule has 7 nitrogen and oxygen atoms in total. The number of nitrogens with zero attached hydrogens (tertiary/aromatic N) is 3. The number of thioether (sulfide) groups is 1. The summed E-state index contributed by atoms with van der Waals surface area (Å²) in [5.41, 5.74) is 3.36. The van der Waals surface area contributed by atoms with E-state index in [2.05, 4.69) is 20.4 Å². The predicted octanol–water partition coefficient (Wildman–Crippen LogP) is 2.88. The lowest BCUT2D eigenvalue weighted by molar-refractivity contribution is -0.119. The fourth-order valence-electron chi connectivity index (χ4n) is 3.58. The van der Waals surface area contributed by atoms with Crippen molar-refractivity contribution in [3.8, 4) is 5.69 Å². The quantitative estimate of drug-likeness (QED) is 0.510. The highest BCUT2D eigenvalue weighted by Gasteiger charge is 2.18. The Bertz CT molecular complexity index is 1080. The fourth-order valence-corrected chi connectivity index (χ4v) is 4.25. The number of amides is 1. The van der Waals surface area contributed by atoms with Crippen LogP contribution in [0.2, 0.25) is 0 Å². The van der Waals surface area contributed by atoms with Crippen LogP contribution in [0, 0.1) is 13.8 Å². The molecular formula is C20H23N5O2S. The molecule has 4 rings (SSSR count). The average molecular weight is 398 g/mol. The van der Waals surface area contributed by atoms with Crippen LogP contribution in [0.15, 0.2) is 34.3 Å². The maximum Gasteiger partial charge on any atom is 0.262 e. The number of aromatic amines is 1. The van der Waals surface area contributed by atoms with E-state index in [4.69, 9.17) is 0 Å². The minimum absolute atomic E-state index is 0.0253. The molecule has 0 saturated heterocycles. The Kier molecular flexibility index (Phi) is 5.21. The molecule has 146 valence electrons. The third kappa shape index (κ3) is 3.69. The number of carbonyl (C=O) groups is 1. The molecule has 1 aliphatic carbocycles. The van der Waals surface area contributed by atoms with Crippen LogP contribution in [0.25, 0.3) is 16.7 Å². The molecule has 28 heavy (non-hydrogen) atoms. The van der Waals surface area contributed by atoms with Gasteiger partial charge in [-0.2, -0.15) is 5.10 Å². The van der Waals surface area contributed by atoms with Crippen LogP contribution in [0.3, 0.4) is 0 Å². The average Bonchev–Trinajstić information content (AvgIpc) is 3.32. The summed E-state index contributed by atoms with van der Waals surface area (Å²) in [6, 6.07) is 6.24. The number of nitrogens with one attached hydrogen (secondary N) is 2. The van der Waals surface area contributed by atoms with Crippen molar-refractivity contribution in [3.63, 3.8) is 0 Å². The fraction of sp³-hybridized carbons (Fsp3) is 0.400. The summed E-state index contributed by atoms with van der Waals surface area (Å²) in [7, 11) is 0. The predicted molar refractivity (Wildman–Crippen MR) is 110 cm³/mol. The van der Waals surface area contributed by atoms with Crippen molar-refractivity contribution in [2.75, 3.05) is 5.75 Å². The molecule has 0 bridgehead atoms. The van der Waals surface area contributed by atoms with Gasteiger partial charge in [-0.25, -0.2) is 9.67 Å². The van der Waals surface area contributed by atoms with E-state index in [0.29, 0.717) is 16.2 Å². The Morgan fingerprint density at radius 3 is 2.89 bits per heavy atom. The van der Waals surface area contributed by atoms with Crippen molar-refractivity contribution in [1.82, 2.24) is 25.1 Å². The van der Waals surface area contributed by atoms with E-state index in [1.807, 2.05) is 32.0 Å². The normalized spacial score (nSPS) is 14.6. The largest absolute Gasteiger partial charge is 0.353 e. The molecule has 1 aliphatic rings. The Morgan fingerprint density at radius 1 is 1.32 bits per heavy atom. The van der Waals surface area contributed by atoms with E-state index in [9.17, 15) is 9.59 Å². The molecule has 0 spiro atoms. The Morgan fingerprint density at radius 2 is 2.11 bits per heavy atom. The standard InChI is InChI=1S/C20H23N5O2S/c1-12-6-5-9-16(13(12)2)25-18-15(10-21-25)19(27)24-20(23-18)28-11-17(26)22-14-7-3-4-8-14/h5-6,9-10,14H,3-4,7-8,11H2,1-2H3,(H,22,26)(H,23,24,27). The monoisotopic (exact) mass is 397 g/mol. The van der Waals surface area contributed by atoms with Gasteiger partial charge in [0.2, 0.25) is 5.91 Å². The summed E-state index contributed by atoms with van der Waals surface area (Å²) in [5.74, 6) is 0.199. The van der Waals surface area contributed by atoms with Crippen LogP contribution >= 0.6 is 11.8 Å². The first-order chi connectivity index (χ1) is 13.5. The van der Waals surface area contributed by atoms with Gasteiger partial charge in [0.05, 0.1) is 17.6 Å². The van der Waals surface area contributed by atoms with Gasteiger partial charge in [-0.05, 0) is 43.9 Å². The smallest absolute Gasteiger partial charge is 0.262 e. The van der Waals surface area contributed by atoms with Crippen LogP contribution in [0.1, 0.15) is 36.8 Å². The maximum absolute atomic E-state index is 12.5. The summed E-state index contributed by atoms with van der Waals surface area (Å²) >= 11 is 1.24. The molecule has 1 fully saturated rings. The number of benzene rings is 1. The van der Waals surface area contributed by atoms with E-state index in [1.54, 1.807) is 4.68 Å². The molecule has 1 saturated carbocycles. The number of hydrogen-bond acceptors (Lipinski definition) is 5. The lowest BCUT2D eigenvalue weighted by Gasteiger charge is -2.11. The Labute approximate surface area is 166 Å². The van der Waals surface area contributed by atoms with E-state index in [1.165, 1.54) is 30.8 Å². The molecule has 0 radical (unpaired) electrons. The van der Waals surface area contributed by atoms with Gasteiger partial charge in [-0.1, -0.05) is 36.7 Å². The third-order valence-electron chi connectivity index (χ3n) is 5.28. The Hall–Kier alpha value is -2.61. The number of H-pyrrole nitrogens is 1. The van der Waals surface area contributed by atoms with Crippen molar-refractivity contribution in [2.45, 2.75) is 50.7 Å². The minimum Gasteiger partial charge on any atom is -0.353 e. The van der Waals surface area contributed by atoms with Crippen LogP contribution in [-0.4, -0.2) is 37.5 Å². The zero-order valence-corrected chi connectivity index (χ0v) is 16.8. The van der Waals surface area contributed by atoms with Crippen molar-refractivity contribution in [1.29, 1.82) is 0 Å². The molecule has 2 aromatic heterocycles. The van der Waals surface area contributed by atoms with E-state index in [-0.39, 0.29) is 23.3 Å². The highest BCUT2D eigenvalue weighted by Crippen LogP contribution is 2.22. The molecule has 8 heteroatoms. The first-order valence-corrected chi connectivity index (χ1v) is 10.5. The van der Waals surface area contributed by atoms with Crippen molar-refractivity contribution in [3.05, 3.63) is 45.9 Å². The number of rotatable bonds is 5. The van der Waals surface area contributed by atoms with Crippen LogP contribution in [0.5, 0.6) is 0 Å². The van der Waals surface area contributed by atoms with E-state index >= 15 is 0 Å². The highest BCUT2D eigenvalue weighted by atomic mass is 32.2. The first-order valence-electron chi connectivity index (χ1n) is 9.50. The maximum atomic E-state index is 12.5. The molecule has 3 aromatic rings. The van der Waals surface area contributed by atoms with Gasteiger partial charge in [0.25, 0.3) is 5.56 Å². The summed E-state index contributed by atoms with van der Waals surface area (Å²) in [6.45, 7) is 4.06. The zero-order valence-electron chi connectivity index (χ0n) is 16.0. The lowest BCUT2D eigenvalue weighted by Crippen LogP contribution is -2.33. The van der Waals surface area contributed by atoms with Gasteiger partial charge < -0.3 is 10.3 Å². The molecule has 2 N–H and O–H groups in total. The van der Waals surface area contributed by atoms with Gasteiger partial charge in [0.15, 0.2) is 10.8 Å². The number of fused-ring (bicyclic) bond motifs is 1. The molecule has 0 aliphatic heterocycles. The topological polar surface area (TPSA) is 92.7 Å². The number of carbonyl (C=O) groups excluding carboxylic acids is 1. The summed E-state index contributed by atoms with van der Waals surface area (Å²) in [5, 5.41) is 8.28. The van der Waals surface area contributed by atoms with Gasteiger partial charge >= 0.3 is 0 Å². The van der Waals surface area contributed by atoms with Gasteiger partial charge in [0.1, 0.15) is 5.39 Å². The first kappa shape index (κ1) is 18.7. The number of aryl methyl sites for hydroxylation is 1. The second-order valence-corrected chi connectivity index (χ2v) is 8.19. The van der Waals surface area contributed by atoms with E-state index < -0.39 is 0 Å². The Balaban J connectivity index is 1.59. The second kappa shape index (κ2) is 7.79. The minimum atomic E-state index is -0.250. The molecular weight excluding hydrogens is 374 g/mol. The van der Waals surface area contributed by atoms with Gasteiger partial charge in [-0.3, -0.25) is 9.59 Å². The summed E-state index contributed by atoms with van der Waals surface area (Å²) in [6.07, 6.45) is 5.97. The number of hydrogen-bond donors (Lipinski definition) is 2. The lowest BCUT2D eigenvalue weighted by atomic mass is 10.1. The molecule has 1 aromatic carbocycles. The number of aromatic nitrogens is 4. The van der Waals surface area contributed by atoms with E-state index in [0.717, 1.165) is 29.7 Å². The van der Waals surface area contributed by atoms with Crippen LogP contribution < -0.4 is 10.9 Å². The molecule has 1 amide bonds. The second-order valence-electron chi connectivity index (χ2n) is 7.22. The molecule has 0 unspecified atom stereocenters. The van der Waals surface area contributed by atoms with Gasteiger partial charge in [-0.15, -0.1) is 0 Å². The summed E-state index contributed by atoms with van der Waals surface area (Å²) < 4.78 is 1.69. The van der Waals surface area contributed by atoms with Crippen LogP contribution in [0.4, 0.5) is 0 Å². The highest BCUT2D eigenvalue weighted by molar-refractivity contribution is 7.99. The third-order valence-corrected chi connectivity index (χ3v) is 6.15. The van der Waals surface area contributed by atoms with Crippen molar-refractivity contribution < 1.29 is 4.79 Å². The zero-order chi connectivity index (χ0) is 19.7. The van der Waals surface area contributed by atoms with Gasteiger partial charge in [0, 0.05) is 6.04 Å². The molecule has 0 atom stereocenters. The van der Waals surface area contributed by atoms with Crippen LogP contribution in [-0.2, 0) is 4.79 Å². The molecule has 2 heterocycles. The van der Waals surface area contributed by atoms with Crippen molar-refractivity contribution in [2.24, 2.45) is 0 Å². The SMILES string of the molecule is Cc1cccc(-n2ncc3c(=O)[nH]c(SCC(=O)NC4CCCC4)nc32)c1C. The van der Waals surface area contributed by atoms with Crippen molar-refractivity contribution >= 4 is 28.7 Å². The summed E-state index contributed by atoms with van der Waals surface area (Å²) in [4.78, 5) is 32.0.